The second-order valence-electron chi connectivity index (χ2n) is 10.8. The Kier molecular flexibility index (Phi) is 5.02. The molecule has 3 nitrogen and oxygen atoms in total. The van der Waals surface area contributed by atoms with E-state index in [0.717, 1.165) is 72.4 Å². The molecule has 5 aromatic carbocycles. The standard InChI is InChI=1S/C37H26N2O/c1-23-15-17-26(18-16-23)29-21-20-28(25-11-6-3-7-12-25)34-35(29)39-36(38-34)31-14-8-13-30-27(24-9-4-2-5-10-24)19-22-32(33(30)31)37(39)40/h2-15,17-23H,16H2,1H3. The van der Waals surface area contributed by atoms with Crippen LogP contribution in [-0.2, 0) is 0 Å². The first-order valence-corrected chi connectivity index (χ1v) is 13.8. The van der Waals surface area contributed by atoms with Gasteiger partial charge >= 0.3 is 0 Å². The highest BCUT2D eigenvalue weighted by Crippen LogP contribution is 2.39. The second-order valence-corrected chi connectivity index (χ2v) is 10.8. The summed E-state index contributed by atoms with van der Waals surface area (Å²) in [6.07, 6.45) is 7.71. The average molecular weight is 515 g/mol. The van der Waals surface area contributed by atoms with Gasteiger partial charge in [-0.05, 0) is 46.1 Å². The van der Waals surface area contributed by atoms with Gasteiger partial charge in [0.15, 0.2) is 0 Å². The minimum Gasteiger partial charge on any atom is -0.268 e. The van der Waals surface area contributed by atoms with Crippen LogP contribution in [0.25, 0.3) is 66.1 Å². The maximum atomic E-state index is 14.4. The van der Waals surface area contributed by atoms with Gasteiger partial charge in [-0.1, -0.05) is 122 Å². The molecule has 1 atom stereocenters. The SMILES string of the molecule is CC1C=CC(c2ccc(-c3ccccc3)c3nc4c5cccc6c(-c7ccccc7)ccc(c(=O)n4c23)c65)=CC1. The van der Waals surface area contributed by atoms with Gasteiger partial charge in [-0.25, -0.2) is 4.98 Å². The third kappa shape index (κ3) is 3.31. The maximum absolute atomic E-state index is 14.4. The predicted octanol–water partition coefficient (Wildman–Crippen LogP) is 8.91. The number of hydrogen-bond donors (Lipinski definition) is 0. The summed E-state index contributed by atoms with van der Waals surface area (Å²) in [4.78, 5) is 19.7. The van der Waals surface area contributed by atoms with Gasteiger partial charge in [-0.15, -0.1) is 0 Å². The Labute approximate surface area is 231 Å². The molecule has 1 aliphatic rings. The van der Waals surface area contributed by atoms with Crippen LogP contribution in [0.4, 0.5) is 0 Å². The Morgan fingerprint density at radius 3 is 2.10 bits per heavy atom. The lowest BCUT2D eigenvalue weighted by Crippen LogP contribution is -2.14. The Morgan fingerprint density at radius 1 is 0.700 bits per heavy atom. The molecule has 0 aliphatic heterocycles. The van der Waals surface area contributed by atoms with Crippen molar-refractivity contribution in [2.45, 2.75) is 13.3 Å². The lowest BCUT2D eigenvalue weighted by Gasteiger charge is -2.15. The van der Waals surface area contributed by atoms with Crippen LogP contribution in [0, 0.1) is 5.92 Å². The minimum atomic E-state index is -0.0268. The van der Waals surface area contributed by atoms with Crippen LogP contribution in [0.5, 0.6) is 0 Å². The highest BCUT2D eigenvalue weighted by Gasteiger charge is 2.22. The Bertz CT molecular complexity index is 2210. The van der Waals surface area contributed by atoms with Gasteiger partial charge in [0.2, 0.25) is 0 Å². The van der Waals surface area contributed by atoms with Crippen molar-refractivity contribution in [3.8, 4) is 22.3 Å². The van der Waals surface area contributed by atoms with Gasteiger partial charge in [0, 0.05) is 27.3 Å². The first-order valence-electron chi connectivity index (χ1n) is 13.8. The average Bonchev–Trinajstić information content (AvgIpc) is 3.42. The Hall–Kier alpha value is -5.02. The van der Waals surface area contributed by atoms with Crippen molar-refractivity contribution in [1.29, 1.82) is 0 Å². The molecule has 2 aromatic heterocycles. The monoisotopic (exact) mass is 514 g/mol. The normalized spacial score (nSPS) is 15.4. The molecule has 0 radical (unpaired) electrons. The maximum Gasteiger partial charge on any atom is 0.264 e. The van der Waals surface area contributed by atoms with Crippen molar-refractivity contribution in [3.05, 3.63) is 137 Å². The van der Waals surface area contributed by atoms with Crippen LogP contribution in [-0.4, -0.2) is 9.38 Å². The van der Waals surface area contributed by atoms with E-state index in [-0.39, 0.29) is 5.56 Å². The van der Waals surface area contributed by atoms with E-state index in [1.807, 2.05) is 34.7 Å². The van der Waals surface area contributed by atoms with E-state index in [0.29, 0.717) is 11.6 Å². The number of nitrogens with zero attached hydrogens (tertiary/aromatic N) is 2. The zero-order valence-corrected chi connectivity index (χ0v) is 22.1. The summed E-state index contributed by atoms with van der Waals surface area (Å²) in [6, 6.07) is 35.4. The summed E-state index contributed by atoms with van der Waals surface area (Å²) in [7, 11) is 0. The molecule has 0 saturated carbocycles. The van der Waals surface area contributed by atoms with E-state index in [2.05, 4.69) is 97.9 Å². The fraction of sp³-hybridized carbons (Fsp3) is 0.0811. The summed E-state index contributed by atoms with van der Waals surface area (Å²) in [5.74, 6) is 0.507. The molecule has 0 fully saturated rings. The van der Waals surface area contributed by atoms with Crippen LogP contribution in [0.1, 0.15) is 18.9 Å². The van der Waals surface area contributed by atoms with E-state index >= 15 is 0 Å². The summed E-state index contributed by atoms with van der Waals surface area (Å²) in [6.45, 7) is 2.23. The number of aromatic nitrogens is 2. The van der Waals surface area contributed by atoms with E-state index in [1.54, 1.807) is 0 Å². The van der Waals surface area contributed by atoms with Crippen LogP contribution in [0.15, 0.2) is 126 Å². The van der Waals surface area contributed by atoms with Gasteiger partial charge in [-0.2, -0.15) is 0 Å². The number of pyridine rings is 1. The van der Waals surface area contributed by atoms with Gasteiger partial charge < -0.3 is 0 Å². The molecule has 0 spiro atoms. The van der Waals surface area contributed by atoms with Gasteiger partial charge in [0.25, 0.3) is 5.56 Å². The number of benzene rings is 5. The molecule has 2 heterocycles. The van der Waals surface area contributed by atoms with Crippen molar-refractivity contribution in [2.75, 3.05) is 0 Å². The van der Waals surface area contributed by atoms with Gasteiger partial charge in [-0.3, -0.25) is 9.20 Å². The number of rotatable bonds is 3. The predicted molar refractivity (Wildman–Crippen MR) is 167 cm³/mol. The van der Waals surface area contributed by atoms with E-state index in [4.69, 9.17) is 4.98 Å². The number of imidazole rings is 1. The molecule has 40 heavy (non-hydrogen) atoms. The van der Waals surface area contributed by atoms with Crippen LogP contribution < -0.4 is 5.56 Å². The fourth-order valence-corrected chi connectivity index (χ4v) is 6.33. The van der Waals surface area contributed by atoms with Crippen LogP contribution in [0.3, 0.4) is 0 Å². The molecule has 0 amide bonds. The van der Waals surface area contributed by atoms with Gasteiger partial charge in [0.05, 0.1) is 11.0 Å². The zero-order valence-electron chi connectivity index (χ0n) is 22.1. The third-order valence-electron chi connectivity index (χ3n) is 8.31. The van der Waals surface area contributed by atoms with Gasteiger partial charge in [0.1, 0.15) is 5.65 Å². The number of hydrogen-bond acceptors (Lipinski definition) is 2. The number of allylic oxidation sites excluding steroid dienone is 4. The summed E-state index contributed by atoms with van der Waals surface area (Å²) in [5.41, 5.74) is 8.97. The molecular weight excluding hydrogens is 488 g/mol. The third-order valence-corrected chi connectivity index (χ3v) is 8.31. The molecule has 1 aliphatic carbocycles. The molecular formula is C37H26N2O. The second kappa shape index (κ2) is 8.75. The quantitative estimate of drug-likeness (QED) is 0.236. The lowest BCUT2D eigenvalue weighted by molar-refractivity contribution is 0.739. The Morgan fingerprint density at radius 2 is 1.38 bits per heavy atom. The molecule has 190 valence electrons. The number of fused-ring (bicyclic) bond motifs is 4. The summed E-state index contributed by atoms with van der Waals surface area (Å²) in [5, 5.41) is 3.76. The molecule has 3 heteroatoms. The highest BCUT2D eigenvalue weighted by atomic mass is 16.1. The van der Waals surface area contributed by atoms with E-state index in [1.165, 1.54) is 0 Å². The van der Waals surface area contributed by atoms with Crippen molar-refractivity contribution >= 4 is 43.8 Å². The largest absolute Gasteiger partial charge is 0.268 e. The van der Waals surface area contributed by atoms with Crippen LogP contribution >= 0.6 is 0 Å². The molecule has 7 aromatic rings. The highest BCUT2D eigenvalue weighted by molar-refractivity contribution is 6.19. The smallest absolute Gasteiger partial charge is 0.264 e. The van der Waals surface area contributed by atoms with E-state index in [9.17, 15) is 4.79 Å². The summed E-state index contributed by atoms with van der Waals surface area (Å²) < 4.78 is 1.86. The molecule has 0 bridgehead atoms. The molecule has 1 unspecified atom stereocenters. The van der Waals surface area contributed by atoms with Crippen molar-refractivity contribution < 1.29 is 0 Å². The lowest BCUT2D eigenvalue weighted by atomic mass is 9.92. The first kappa shape index (κ1) is 22.9. The fourth-order valence-electron chi connectivity index (χ4n) is 6.33. The summed E-state index contributed by atoms with van der Waals surface area (Å²) >= 11 is 0. The van der Waals surface area contributed by atoms with E-state index < -0.39 is 0 Å². The van der Waals surface area contributed by atoms with Crippen molar-refractivity contribution in [3.63, 3.8) is 0 Å². The molecule has 0 saturated heterocycles. The zero-order chi connectivity index (χ0) is 26.8. The van der Waals surface area contributed by atoms with Crippen LogP contribution in [0.2, 0.25) is 0 Å². The molecule has 8 rings (SSSR count). The minimum absolute atomic E-state index is 0.0268. The molecule has 0 N–H and O–H groups in total. The van der Waals surface area contributed by atoms with Crippen molar-refractivity contribution in [2.24, 2.45) is 5.92 Å². The topological polar surface area (TPSA) is 34.4 Å². The Balaban J connectivity index is 1.54. The first-order chi connectivity index (χ1) is 19.7. The van der Waals surface area contributed by atoms with Crippen molar-refractivity contribution in [1.82, 2.24) is 9.38 Å².